The van der Waals surface area contributed by atoms with E-state index in [0.29, 0.717) is 6.54 Å². The maximum Gasteiger partial charge on any atom is 0.0546 e. The van der Waals surface area contributed by atoms with E-state index in [2.05, 4.69) is 272 Å². The van der Waals surface area contributed by atoms with Crippen molar-refractivity contribution in [3.05, 3.63) is 266 Å². The van der Waals surface area contributed by atoms with Gasteiger partial charge in [0.1, 0.15) is 0 Å². The Morgan fingerprint density at radius 1 is 0.479 bits per heavy atom. The fraction of sp³-hybridized carbons (Fsp3) is 0.0746. The zero-order chi connectivity index (χ0) is 48.1. The van der Waals surface area contributed by atoms with Gasteiger partial charge in [-0.2, -0.15) is 0 Å². The van der Waals surface area contributed by atoms with Crippen molar-refractivity contribution in [3.63, 3.8) is 0 Å². The molecule has 0 bridgehead atoms. The lowest BCUT2D eigenvalue weighted by atomic mass is 9.93. The number of hydrogen-bond acceptors (Lipinski definition) is 4. The van der Waals surface area contributed by atoms with E-state index < -0.39 is 0 Å². The molecule has 1 aliphatic rings. The van der Waals surface area contributed by atoms with Gasteiger partial charge in [0.15, 0.2) is 0 Å². The van der Waals surface area contributed by atoms with Crippen LogP contribution < -0.4 is 21.3 Å². The number of benzene rings is 10. The number of nitrogens with two attached hydrogens (primary N) is 2. The molecule has 10 aromatic rings. The third kappa shape index (κ3) is 9.11. The van der Waals surface area contributed by atoms with Gasteiger partial charge in [-0.3, -0.25) is 0 Å². The van der Waals surface area contributed by atoms with E-state index in [1.54, 1.807) is 0 Å². The van der Waals surface area contributed by atoms with Crippen molar-refractivity contribution in [2.24, 2.45) is 11.5 Å². The Morgan fingerprint density at radius 3 is 1.35 bits per heavy atom. The van der Waals surface area contributed by atoms with E-state index in [1.807, 2.05) is 0 Å². The number of hydrogen-bond donors (Lipinski definition) is 2. The molecule has 0 radical (unpaired) electrons. The Balaban J connectivity index is 1.04. The van der Waals surface area contributed by atoms with E-state index in [4.69, 9.17) is 11.5 Å². The second-order valence-electron chi connectivity index (χ2n) is 18.2. The van der Waals surface area contributed by atoms with Crippen LogP contribution in [0.2, 0.25) is 0 Å². The standard InChI is InChI=1S/C67H56N4/c1-2-56(21-13-14-43-68)70(57-39-35-53(36-40-57)51-31-27-49(28-32-51)47-16-5-3-6-17-47)66-45-64-61-24-10-12-26-63(61)67(46-65(64)60-23-9-11-25-62(60)66)71(59-22-15-20-55(69)44-59)58-41-37-54(38-42-58)52-33-29-50(30-34-52)48-18-7-4-8-19-48/h2-13,15-19,21-42,44-46,55H,14,20,43,68-69H2,1H3. The molecule has 0 heterocycles. The van der Waals surface area contributed by atoms with E-state index in [1.165, 1.54) is 54.9 Å². The summed E-state index contributed by atoms with van der Waals surface area (Å²) in [5.74, 6) is 0. The summed E-state index contributed by atoms with van der Waals surface area (Å²) in [6, 6.07) is 79.1. The van der Waals surface area contributed by atoms with E-state index in [-0.39, 0.29) is 6.04 Å². The van der Waals surface area contributed by atoms with E-state index >= 15 is 0 Å². The van der Waals surface area contributed by atoms with Crippen molar-refractivity contribution < 1.29 is 0 Å². The monoisotopic (exact) mass is 916 g/mol. The van der Waals surface area contributed by atoms with Gasteiger partial charge < -0.3 is 21.3 Å². The summed E-state index contributed by atoms with van der Waals surface area (Å²) in [6.45, 7) is 2.70. The topological polar surface area (TPSA) is 58.5 Å². The Bertz CT molecular complexity index is 3610. The number of allylic oxidation sites excluding steroid dienone is 3. The molecule has 0 saturated heterocycles. The SMILES string of the molecule is CC=C(C=CCCN)N(c1ccc(-c2ccc(-c3ccccc3)cc2)cc1)c1cc2c3ccccc3c(N(C3=CC(N)CC=C3)c3ccc(-c4ccc(-c5ccccc5)cc4)cc3)cc2c2ccccc12. The molecule has 0 amide bonds. The van der Waals surface area contributed by atoms with Gasteiger partial charge in [-0.05, 0) is 147 Å². The number of nitrogens with zero attached hydrogens (tertiary/aromatic N) is 2. The van der Waals surface area contributed by atoms with Gasteiger partial charge in [0, 0.05) is 39.6 Å². The molecule has 71 heavy (non-hydrogen) atoms. The molecule has 1 aliphatic carbocycles. The summed E-state index contributed by atoms with van der Waals surface area (Å²) in [5.41, 5.74) is 28.7. The van der Waals surface area contributed by atoms with Crippen molar-refractivity contribution in [3.8, 4) is 44.5 Å². The van der Waals surface area contributed by atoms with Crippen LogP contribution in [0.1, 0.15) is 19.8 Å². The molecule has 0 spiro atoms. The normalized spacial score (nSPS) is 13.8. The minimum absolute atomic E-state index is 0.0880. The van der Waals surface area contributed by atoms with Crippen molar-refractivity contribution in [1.29, 1.82) is 0 Å². The van der Waals surface area contributed by atoms with E-state index in [0.717, 1.165) is 68.9 Å². The summed E-state index contributed by atoms with van der Waals surface area (Å²) in [5, 5.41) is 7.01. The third-order valence-electron chi connectivity index (χ3n) is 13.7. The number of fused-ring (bicyclic) bond motifs is 5. The summed E-state index contributed by atoms with van der Waals surface area (Å²) in [4.78, 5) is 4.80. The highest BCUT2D eigenvalue weighted by atomic mass is 15.2. The van der Waals surface area contributed by atoms with Crippen LogP contribution in [0.5, 0.6) is 0 Å². The maximum atomic E-state index is 6.71. The number of anilines is 4. The molecule has 4 nitrogen and oxygen atoms in total. The first-order valence-electron chi connectivity index (χ1n) is 24.7. The lowest BCUT2D eigenvalue weighted by Gasteiger charge is -2.31. The molecule has 0 saturated carbocycles. The molecule has 344 valence electrons. The molecule has 1 unspecified atom stereocenters. The second kappa shape index (κ2) is 20.2. The Kier molecular flexibility index (Phi) is 12.8. The van der Waals surface area contributed by atoms with Gasteiger partial charge in [0.2, 0.25) is 0 Å². The number of rotatable bonds is 13. The molecule has 11 rings (SSSR count). The molecule has 0 aromatic heterocycles. The first-order chi connectivity index (χ1) is 35.0. The van der Waals surface area contributed by atoms with Crippen molar-refractivity contribution in [2.45, 2.75) is 25.8 Å². The van der Waals surface area contributed by atoms with Crippen LogP contribution in [0.3, 0.4) is 0 Å². The summed E-state index contributed by atoms with van der Waals surface area (Å²) < 4.78 is 0. The molecular formula is C67H56N4. The van der Waals surface area contributed by atoms with Crippen LogP contribution in [0.15, 0.2) is 266 Å². The summed E-state index contributed by atoms with van der Waals surface area (Å²) >= 11 is 0. The summed E-state index contributed by atoms with van der Waals surface area (Å²) in [7, 11) is 0. The van der Waals surface area contributed by atoms with Crippen LogP contribution >= 0.6 is 0 Å². The van der Waals surface area contributed by atoms with Gasteiger partial charge in [-0.25, -0.2) is 0 Å². The van der Waals surface area contributed by atoms with Crippen LogP contribution in [-0.2, 0) is 0 Å². The highest BCUT2D eigenvalue weighted by molar-refractivity contribution is 6.24. The van der Waals surface area contributed by atoms with Crippen molar-refractivity contribution >= 4 is 55.1 Å². The fourth-order valence-electron chi connectivity index (χ4n) is 10.2. The molecule has 10 aromatic carbocycles. The van der Waals surface area contributed by atoms with Gasteiger partial charge in [0.05, 0.1) is 11.4 Å². The van der Waals surface area contributed by atoms with Crippen LogP contribution in [0.4, 0.5) is 22.7 Å². The lowest BCUT2D eigenvalue weighted by molar-refractivity contribution is 0.812. The highest BCUT2D eigenvalue weighted by Gasteiger charge is 2.24. The molecular weight excluding hydrogens is 861 g/mol. The van der Waals surface area contributed by atoms with Crippen LogP contribution in [0.25, 0.3) is 76.8 Å². The van der Waals surface area contributed by atoms with Crippen LogP contribution in [-0.4, -0.2) is 12.6 Å². The predicted octanol–water partition coefficient (Wildman–Crippen LogP) is 17.1. The minimum atomic E-state index is -0.0880. The van der Waals surface area contributed by atoms with Gasteiger partial charge in [-0.1, -0.05) is 200 Å². The predicted molar refractivity (Wildman–Crippen MR) is 304 cm³/mol. The average Bonchev–Trinajstić information content (AvgIpc) is 3.44. The lowest BCUT2D eigenvalue weighted by Crippen LogP contribution is -2.24. The first-order valence-corrected chi connectivity index (χ1v) is 24.7. The third-order valence-corrected chi connectivity index (χ3v) is 13.7. The van der Waals surface area contributed by atoms with Gasteiger partial charge in [0.25, 0.3) is 0 Å². The van der Waals surface area contributed by atoms with E-state index in [9.17, 15) is 0 Å². The highest BCUT2D eigenvalue weighted by Crippen LogP contribution is 2.47. The zero-order valence-corrected chi connectivity index (χ0v) is 40.0. The maximum absolute atomic E-state index is 6.71. The van der Waals surface area contributed by atoms with Crippen LogP contribution in [0, 0.1) is 0 Å². The molecule has 0 aliphatic heterocycles. The second-order valence-corrected chi connectivity index (χ2v) is 18.2. The zero-order valence-electron chi connectivity index (χ0n) is 40.0. The Morgan fingerprint density at radius 2 is 0.887 bits per heavy atom. The fourth-order valence-corrected chi connectivity index (χ4v) is 10.2. The molecule has 4 heteroatoms. The van der Waals surface area contributed by atoms with Crippen molar-refractivity contribution in [2.75, 3.05) is 16.3 Å². The molecule has 1 atom stereocenters. The smallest absolute Gasteiger partial charge is 0.0546 e. The minimum Gasteiger partial charge on any atom is -0.330 e. The molecule has 4 N–H and O–H groups in total. The Hall–Kier alpha value is -8.54. The first kappa shape index (κ1) is 44.9. The van der Waals surface area contributed by atoms with Gasteiger partial charge in [-0.15, -0.1) is 0 Å². The molecule has 0 fully saturated rings. The van der Waals surface area contributed by atoms with Crippen molar-refractivity contribution in [1.82, 2.24) is 0 Å². The largest absolute Gasteiger partial charge is 0.330 e. The summed E-state index contributed by atoms with van der Waals surface area (Å²) in [6.07, 6.45) is 14.8. The Labute approximate surface area is 417 Å². The quantitative estimate of drug-likeness (QED) is 0.0894. The average molecular weight is 917 g/mol. The van der Waals surface area contributed by atoms with Gasteiger partial charge >= 0.3 is 0 Å².